The molecule has 1 N–H and O–H groups in total. The number of aromatic nitrogens is 3. The van der Waals surface area contributed by atoms with E-state index in [4.69, 9.17) is 19.6 Å². The highest BCUT2D eigenvalue weighted by molar-refractivity contribution is 7.18. The van der Waals surface area contributed by atoms with Crippen LogP contribution in [0.4, 0.5) is 8.78 Å². The average molecular weight is 642 g/mol. The van der Waals surface area contributed by atoms with Gasteiger partial charge < -0.3 is 19.7 Å². The maximum absolute atomic E-state index is 16.0. The molecule has 234 valence electrons. The highest BCUT2D eigenvalue weighted by atomic mass is 32.1. The van der Waals surface area contributed by atoms with Gasteiger partial charge in [0.15, 0.2) is 0 Å². The van der Waals surface area contributed by atoms with E-state index >= 15 is 4.39 Å². The van der Waals surface area contributed by atoms with Crippen LogP contribution in [0.3, 0.4) is 0 Å². The maximum Gasteiger partial charge on any atom is 0.251 e. The summed E-state index contributed by atoms with van der Waals surface area (Å²) in [6.07, 6.45) is 1.29. The number of ether oxygens (including phenoxy) is 2. The molecule has 5 heterocycles. The molecule has 0 spiro atoms. The molecule has 0 radical (unpaired) electrons. The van der Waals surface area contributed by atoms with E-state index in [1.807, 2.05) is 47.3 Å². The van der Waals surface area contributed by atoms with Gasteiger partial charge in [-0.3, -0.25) is 14.3 Å². The first kappa shape index (κ1) is 29.8. The zero-order valence-electron chi connectivity index (χ0n) is 25.1. The highest BCUT2D eigenvalue weighted by Gasteiger charge is 2.31. The van der Waals surface area contributed by atoms with Crippen molar-refractivity contribution in [3.05, 3.63) is 89.0 Å². The van der Waals surface area contributed by atoms with E-state index in [1.165, 1.54) is 24.5 Å². The zero-order valence-corrected chi connectivity index (χ0v) is 25.9. The fourth-order valence-electron chi connectivity index (χ4n) is 6.11. The number of carbonyl (C=O) groups is 2. The van der Waals surface area contributed by atoms with E-state index in [-0.39, 0.29) is 42.4 Å². The predicted octanol–water partition coefficient (Wildman–Crippen LogP) is 5.96. The molecular weight excluding hydrogens is 612 g/mol. The van der Waals surface area contributed by atoms with Crippen molar-refractivity contribution in [1.82, 2.24) is 25.0 Å². The lowest BCUT2D eigenvalue weighted by atomic mass is 9.95. The van der Waals surface area contributed by atoms with Gasteiger partial charge in [0.05, 0.1) is 36.6 Å². The third-order valence-corrected chi connectivity index (χ3v) is 9.29. The van der Waals surface area contributed by atoms with Crippen LogP contribution < -0.4 is 10.1 Å². The summed E-state index contributed by atoms with van der Waals surface area (Å²) in [6.45, 7) is 7.06. The molecule has 7 rings (SSSR count). The number of hydrogen-bond donors (Lipinski definition) is 1. The lowest BCUT2D eigenvalue weighted by molar-refractivity contribution is -0.129. The number of benzene rings is 2. The number of carbonyl (C=O) groups excluding carboxylic acids is 2. The molecule has 2 aliphatic rings. The Kier molecular flexibility index (Phi) is 7.61. The van der Waals surface area contributed by atoms with Crippen LogP contribution >= 0.6 is 11.3 Å². The largest absolute Gasteiger partial charge is 0.490 e. The molecule has 1 unspecified atom stereocenters. The molecule has 9 nitrogen and oxygen atoms in total. The second-order valence-corrected chi connectivity index (χ2v) is 12.1. The summed E-state index contributed by atoms with van der Waals surface area (Å²) < 4.78 is 44.1. The average Bonchev–Trinajstić information content (AvgIpc) is 3.78. The van der Waals surface area contributed by atoms with Crippen LogP contribution in [0.5, 0.6) is 5.75 Å². The van der Waals surface area contributed by atoms with Crippen LogP contribution in [0.15, 0.2) is 60.5 Å². The minimum absolute atomic E-state index is 0.00889. The van der Waals surface area contributed by atoms with Crippen molar-refractivity contribution in [3.8, 4) is 39.5 Å². The summed E-state index contributed by atoms with van der Waals surface area (Å²) in [4.78, 5) is 32.0. The van der Waals surface area contributed by atoms with E-state index in [0.717, 1.165) is 28.8 Å². The number of hydrogen-bond acceptors (Lipinski definition) is 7. The van der Waals surface area contributed by atoms with Crippen molar-refractivity contribution in [3.63, 3.8) is 0 Å². The van der Waals surface area contributed by atoms with Crippen LogP contribution in [-0.2, 0) is 29.2 Å². The quantitative estimate of drug-likeness (QED) is 0.166. The zero-order chi connectivity index (χ0) is 32.1. The second kappa shape index (κ2) is 11.8. The number of rotatable bonds is 8. The first-order valence-electron chi connectivity index (χ1n) is 14.7. The molecule has 0 fully saturated rings. The van der Waals surface area contributed by atoms with E-state index < -0.39 is 11.6 Å². The number of nitrogens with zero attached hydrogens (tertiary/aromatic N) is 4. The minimum atomic E-state index is -0.813. The Balaban J connectivity index is 1.49. The van der Waals surface area contributed by atoms with Gasteiger partial charge in [0.1, 0.15) is 35.4 Å². The minimum Gasteiger partial charge on any atom is -0.490 e. The number of thiophene rings is 1. The first-order chi connectivity index (χ1) is 22.3. The van der Waals surface area contributed by atoms with Crippen molar-refractivity contribution in [2.24, 2.45) is 0 Å². The fraction of sp³-hybridized carbons (Fsp3) is 0.235. The van der Waals surface area contributed by atoms with E-state index in [2.05, 4.69) is 11.9 Å². The van der Waals surface area contributed by atoms with Crippen molar-refractivity contribution in [2.45, 2.75) is 32.6 Å². The normalized spacial score (nSPS) is 15.5. The van der Waals surface area contributed by atoms with Gasteiger partial charge >= 0.3 is 0 Å². The van der Waals surface area contributed by atoms with Crippen LogP contribution in [0.25, 0.3) is 43.9 Å². The highest BCUT2D eigenvalue weighted by Crippen LogP contribution is 2.47. The third-order valence-electron chi connectivity index (χ3n) is 8.35. The van der Waals surface area contributed by atoms with Gasteiger partial charge in [-0.15, -0.1) is 11.3 Å². The maximum atomic E-state index is 16.0. The second-order valence-electron chi connectivity index (χ2n) is 11.2. The molecule has 0 saturated carbocycles. The van der Waals surface area contributed by atoms with Crippen molar-refractivity contribution in [2.75, 3.05) is 20.3 Å². The summed E-state index contributed by atoms with van der Waals surface area (Å²) in [6, 6.07) is 11.2. The smallest absolute Gasteiger partial charge is 0.251 e. The van der Waals surface area contributed by atoms with Gasteiger partial charge in [-0.25, -0.2) is 13.8 Å². The van der Waals surface area contributed by atoms with E-state index in [0.29, 0.717) is 58.1 Å². The lowest BCUT2D eigenvalue weighted by Gasteiger charge is -2.33. The van der Waals surface area contributed by atoms with Crippen molar-refractivity contribution < 1.29 is 27.8 Å². The number of nitrogens with one attached hydrogen (secondary N) is 1. The number of amides is 2. The molecule has 2 aliphatic heterocycles. The van der Waals surface area contributed by atoms with Crippen LogP contribution in [0.1, 0.15) is 28.5 Å². The molecule has 5 aromatic rings. The Hall–Kier alpha value is -4.94. The molecule has 46 heavy (non-hydrogen) atoms. The number of methoxy groups -OCH3 is 1. The van der Waals surface area contributed by atoms with Gasteiger partial charge in [0.2, 0.25) is 5.91 Å². The Morgan fingerprint density at radius 3 is 2.80 bits per heavy atom. The first-order valence-corrected chi connectivity index (χ1v) is 15.6. The molecule has 3 aromatic heterocycles. The van der Waals surface area contributed by atoms with Crippen LogP contribution in [0, 0.1) is 11.6 Å². The topological polar surface area (TPSA) is 98.6 Å². The van der Waals surface area contributed by atoms with Crippen molar-refractivity contribution >= 4 is 33.2 Å². The van der Waals surface area contributed by atoms with Gasteiger partial charge in [0, 0.05) is 58.6 Å². The molecule has 2 aromatic carbocycles. The fourth-order valence-corrected chi connectivity index (χ4v) is 7.06. The van der Waals surface area contributed by atoms with Crippen molar-refractivity contribution in [1.29, 1.82) is 0 Å². The third kappa shape index (κ3) is 5.03. The molecule has 1 atom stereocenters. The molecule has 2 amide bonds. The summed E-state index contributed by atoms with van der Waals surface area (Å²) in [5.41, 5.74) is 4.80. The summed E-state index contributed by atoms with van der Waals surface area (Å²) in [5, 5.41) is 10.4. The Bertz CT molecular complexity index is 2060. The van der Waals surface area contributed by atoms with Gasteiger partial charge in [-0.1, -0.05) is 18.7 Å². The Morgan fingerprint density at radius 2 is 2.00 bits per heavy atom. The number of pyridine rings is 1. The summed E-state index contributed by atoms with van der Waals surface area (Å²) >= 11 is 1.39. The number of fused-ring (bicyclic) bond motifs is 3. The van der Waals surface area contributed by atoms with E-state index in [9.17, 15) is 14.0 Å². The molecular formula is C34H29F2N5O4S. The SMILES string of the molecule is C=CC(=O)N1Cc2cc(-c3nc(-c4ccc5c(c4)C(=O)NC5)c4ccsc4c3-c3c(F)cc(F)cc3OCCOC)nn2CC1C. The molecule has 0 saturated heterocycles. The van der Waals surface area contributed by atoms with Crippen LogP contribution in [0.2, 0.25) is 0 Å². The lowest BCUT2D eigenvalue weighted by Crippen LogP contribution is -2.44. The van der Waals surface area contributed by atoms with Gasteiger partial charge in [-0.2, -0.15) is 5.10 Å². The van der Waals surface area contributed by atoms with E-state index in [1.54, 1.807) is 4.90 Å². The summed E-state index contributed by atoms with van der Waals surface area (Å²) in [7, 11) is 1.51. The standard InChI is InChI=1S/C34H29F2N5O4S/c1-4-28(42)40-17-22-14-26(39-41(22)16-18(40)2)32-30(29-25(36)12-21(35)13-27(29)45-9-8-44-3)33-23(7-10-46-33)31(38-32)19-5-6-20-15-37-34(43)24(20)11-19/h4-7,10-14,18H,1,8-9,15-17H2,2-3H3,(H,37,43). The molecule has 0 aliphatic carbocycles. The molecule has 12 heteroatoms. The predicted molar refractivity (Wildman–Crippen MR) is 170 cm³/mol. The Labute approximate surface area is 267 Å². The Morgan fingerprint density at radius 1 is 1.15 bits per heavy atom. The van der Waals surface area contributed by atoms with Gasteiger partial charge in [-0.05, 0) is 42.1 Å². The molecule has 0 bridgehead atoms. The number of halogens is 2. The summed E-state index contributed by atoms with van der Waals surface area (Å²) in [5.74, 6) is -1.93. The van der Waals surface area contributed by atoms with Crippen LogP contribution in [-0.4, -0.2) is 57.8 Å². The monoisotopic (exact) mass is 641 g/mol. The van der Waals surface area contributed by atoms with Gasteiger partial charge in [0.25, 0.3) is 5.91 Å².